The molecule has 0 radical (unpaired) electrons. The number of rotatable bonds is 6. The van der Waals surface area contributed by atoms with Gasteiger partial charge < -0.3 is 43.3 Å². The van der Waals surface area contributed by atoms with Gasteiger partial charge in [-0.1, -0.05) is 48.8 Å². The van der Waals surface area contributed by atoms with Crippen LogP contribution in [0.5, 0.6) is 0 Å². The van der Waals surface area contributed by atoms with E-state index in [0.717, 1.165) is 12.8 Å². The van der Waals surface area contributed by atoms with Crippen molar-refractivity contribution in [1.82, 2.24) is 0 Å². The maximum Gasteiger partial charge on any atom is 4.00 e. The average Bonchev–Trinajstić information content (AvgIpc) is 2.30. The van der Waals surface area contributed by atoms with E-state index in [2.05, 4.69) is 69.7 Å². The predicted octanol–water partition coefficient (Wildman–Crippen LogP) is 1.78. The van der Waals surface area contributed by atoms with Gasteiger partial charge in [0.05, 0.1) is 12.5 Å². The second kappa shape index (κ2) is 19.8. The van der Waals surface area contributed by atoms with Crippen LogP contribution in [-0.2, 0) is 90.8 Å². The van der Waals surface area contributed by atoms with Crippen LogP contribution in [0.15, 0.2) is 24.7 Å². The summed E-state index contributed by atoms with van der Waals surface area (Å²) in [6.07, 6.45) is 7.63. The maximum absolute atomic E-state index is 10.4. The van der Waals surface area contributed by atoms with E-state index in [1.165, 1.54) is 12.5 Å². The van der Waals surface area contributed by atoms with Crippen molar-refractivity contribution >= 4 is 72.0 Å². The minimum Gasteiger partial charge on any atom is -0.810 e. The smallest absolute Gasteiger partial charge is 0.810 e. The molecule has 0 fully saturated rings. The van der Waals surface area contributed by atoms with Crippen molar-refractivity contribution in [2.75, 3.05) is 0 Å². The van der Waals surface area contributed by atoms with Gasteiger partial charge in [-0.05, 0) is 25.0 Å². The molecule has 0 aliphatic rings. The Morgan fingerprint density at radius 3 is 1.33 bits per heavy atom. The molecule has 0 N–H and O–H groups in total. The molecule has 2 atom stereocenters. The van der Waals surface area contributed by atoms with Crippen LogP contribution in [0.25, 0.3) is 0 Å². The largest absolute Gasteiger partial charge is 4.00 e. The number of allylic oxidation sites excluding steroid dienone is 2. The van der Waals surface area contributed by atoms with Gasteiger partial charge in [0.25, 0.3) is 0 Å². The summed E-state index contributed by atoms with van der Waals surface area (Å²) in [6, 6.07) is 0. The molecule has 5 nitrogen and oxygen atoms in total. The van der Waals surface area contributed by atoms with Crippen LogP contribution in [0.4, 0.5) is 0 Å². The molecule has 0 aromatic heterocycles. The summed E-state index contributed by atoms with van der Waals surface area (Å²) < 4.78 is 16.8. The summed E-state index contributed by atoms with van der Waals surface area (Å²) in [5.74, 6) is 0. The number of hydrogen-bond donors (Lipinski definition) is 0. The first-order valence-electron chi connectivity index (χ1n) is 5.00. The summed E-state index contributed by atoms with van der Waals surface area (Å²) in [7, 11) is 0. The van der Waals surface area contributed by atoms with E-state index >= 15 is 0 Å². The zero-order chi connectivity index (χ0) is 16.7. The Hall–Kier alpha value is 1.71. The Morgan fingerprint density at radius 1 is 0.952 bits per heavy atom. The molecule has 0 bridgehead atoms. The monoisotopic (exact) mass is 510 g/mol. The van der Waals surface area contributed by atoms with E-state index in [4.69, 9.17) is 4.21 Å². The zero-order valence-corrected chi connectivity index (χ0v) is 19.0. The maximum atomic E-state index is 10.4. The molecule has 0 aliphatic heterocycles. The van der Waals surface area contributed by atoms with Crippen LogP contribution < -0.4 is 9.79 Å². The summed E-state index contributed by atoms with van der Waals surface area (Å²) >= 11 is 20.0. The third-order valence-electron chi connectivity index (χ3n) is 1.04. The van der Waals surface area contributed by atoms with Crippen LogP contribution in [0.3, 0.4) is 0 Å². The van der Waals surface area contributed by atoms with Crippen molar-refractivity contribution in [3.63, 3.8) is 0 Å². The second-order valence-electron chi connectivity index (χ2n) is 2.67. The average molecular weight is 508 g/mol. The second-order valence-corrected chi connectivity index (χ2v) is 12.0. The first kappa shape index (κ1) is 30.6. The van der Waals surface area contributed by atoms with Gasteiger partial charge >= 0.3 is 21.1 Å². The normalized spacial score (nSPS) is 15.3. The Bertz CT molecular complexity index is 336. The van der Waals surface area contributed by atoms with Gasteiger partial charge in [-0.3, -0.25) is 0 Å². The zero-order valence-electron chi connectivity index (χ0n) is 11.1. The first-order valence-corrected chi connectivity index (χ1v) is 12.6. The Balaban J connectivity index is -0.000000118. The third-order valence-corrected chi connectivity index (χ3v) is 2.84. The van der Waals surface area contributed by atoms with Crippen molar-refractivity contribution < 1.29 is 44.1 Å². The van der Waals surface area contributed by atoms with Crippen LogP contribution in [0, 0.1) is 0 Å². The molecule has 0 aromatic rings. The minimum atomic E-state index is -3.12. The van der Waals surface area contributed by atoms with E-state index in [1.54, 1.807) is 12.2 Å². The van der Waals surface area contributed by atoms with E-state index in [9.17, 15) is 9.79 Å². The van der Waals surface area contributed by atoms with E-state index < -0.39 is 11.4 Å². The summed E-state index contributed by atoms with van der Waals surface area (Å²) in [5, 5.41) is 0. The van der Waals surface area contributed by atoms with Crippen LogP contribution in [-0.4, -0.2) is 4.21 Å². The molecule has 0 aromatic carbocycles. The fraction of sp³-hybridized carbons (Fsp3) is 0.500. The minimum absolute atomic E-state index is 0. The van der Waals surface area contributed by atoms with Gasteiger partial charge in [0, 0.05) is 0 Å². The van der Waals surface area contributed by atoms with Gasteiger partial charge in [-0.15, -0.1) is 0 Å². The molecule has 0 rings (SSSR count). The quantitative estimate of drug-likeness (QED) is 0.229. The van der Waals surface area contributed by atoms with Crippen molar-refractivity contribution in [3.05, 3.63) is 24.7 Å². The topological polar surface area (TPSA) is 81.7 Å². The molecule has 122 valence electrons. The predicted molar refractivity (Wildman–Crippen MR) is 92.5 cm³/mol. The first-order chi connectivity index (χ1) is 9.12. The number of hydrogen-bond acceptors (Lipinski definition) is 10. The van der Waals surface area contributed by atoms with Crippen molar-refractivity contribution in [2.45, 2.75) is 26.7 Å². The third kappa shape index (κ3) is 44.9. The molecular weight excluding hydrogens is 494 g/mol. The van der Waals surface area contributed by atoms with Gasteiger partial charge in [-0.2, -0.15) is 4.21 Å². The van der Waals surface area contributed by atoms with Crippen molar-refractivity contribution in [3.8, 4) is 0 Å². The fourth-order valence-corrected chi connectivity index (χ4v) is 1.49. The Kier molecular flexibility index (Phi) is 28.8. The molecular formula is C8H14MoO5P2S5. The van der Waals surface area contributed by atoms with Gasteiger partial charge in [0.15, 0.2) is 12.5 Å². The van der Waals surface area contributed by atoms with E-state index in [0.29, 0.717) is 0 Å². The molecule has 21 heavy (non-hydrogen) atoms. The Morgan fingerprint density at radius 2 is 1.19 bits per heavy atom. The van der Waals surface area contributed by atoms with Crippen LogP contribution in [0.2, 0.25) is 0 Å². The van der Waals surface area contributed by atoms with Gasteiger partial charge in [-0.25, -0.2) is 0 Å². The summed E-state index contributed by atoms with van der Waals surface area (Å²) in [4.78, 5) is 20.9. The molecule has 0 spiro atoms. The van der Waals surface area contributed by atoms with Crippen LogP contribution >= 0.6 is 11.4 Å². The molecule has 13 heteroatoms. The van der Waals surface area contributed by atoms with Gasteiger partial charge in [0.1, 0.15) is 0 Å². The summed E-state index contributed by atoms with van der Waals surface area (Å²) in [6.45, 7) is 3.86. The molecule has 2 unspecified atom stereocenters. The van der Waals surface area contributed by atoms with Crippen molar-refractivity contribution in [1.29, 1.82) is 0 Å². The molecule has 0 heterocycles. The van der Waals surface area contributed by atoms with E-state index in [-0.39, 0.29) is 21.1 Å². The molecule has 0 aliphatic carbocycles. The molecule has 0 saturated heterocycles. The SMILES string of the molecule is CCC=COP([O-])(=S)[S-].CCC=COP([O-])(=S)[S-].O=S.[Mo+4]. The standard InChI is InChI=1S/2C4H9O2PS2.Mo.OS/c2*1-2-3-4-6-7(5,8)9;;1-2/h2*3-4H,2H2,1H3,(H2,5,8,9);;/q;;+4;/p-4. The van der Waals surface area contributed by atoms with Gasteiger partial charge in [0.2, 0.25) is 0 Å². The molecule has 0 saturated carbocycles. The van der Waals surface area contributed by atoms with Crippen molar-refractivity contribution in [2.24, 2.45) is 0 Å². The van der Waals surface area contributed by atoms with Crippen LogP contribution in [0.1, 0.15) is 26.7 Å². The Labute approximate surface area is 166 Å². The fourth-order valence-electron chi connectivity index (χ4n) is 0.428. The molecule has 0 amide bonds. The summed E-state index contributed by atoms with van der Waals surface area (Å²) in [5.41, 5.74) is -6.23. The van der Waals surface area contributed by atoms with E-state index in [1.807, 2.05) is 13.8 Å².